The quantitative estimate of drug-likeness (QED) is 0.880. The van der Waals surface area contributed by atoms with E-state index in [4.69, 9.17) is 0 Å². The number of nitrogens with zero attached hydrogens (tertiary/aromatic N) is 2. The molecule has 1 heterocycles. The Balaban J connectivity index is 1.98. The smallest absolute Gasteiger partial charge is 0.123 e. The highest BCUT2D eigenvalue weighted by Crippen LogP contribution is 2.14. The van der Waals surface area contributed by atoms with Gasteiger partial charge in [0.05, 0.1) is 12.0 Å². The van der Waals surface area contributed by atoms with Gasteiger partial charge in [0.2, 0.25) is 0 Å². The Kier molecular flexibility index (Phi) is 4.10. The lowest BCUT2D eigenvalue weighted by Crippen LogP contribution is -2.20. The highest BCUT2D eigenvalue weighted by atomic mass is 19.1. The van der Waals surface area contributed by atoms with Crippen molar-refractivity contribution in [3.05, 3.63) is 53.9 Å². The highest BCUT2D eigenvalue weighted by molar-refractivity contribution is 5.19. The van der Waals surface area contributed by atoms with E-state index in [-0.39, 0.29) is 11.9 Å². The molecule has 2 aromatic rings. The second-order valence-corrected chi connectivity index (χ2v) is 4.33. The molecule has 0 aliphatic rings. The van der Waals surface area contributed by atoms with Crippen molar-refractivity contribution in [2.75, 3.05) is 0 Å². The molecule has 1 aromatic carbocycles. The summed E-state index contributed by atoms with van der Waals surface area (Å²) < 4.78 is 15.2. The van der Waals surface area contributed by atoms with Gasteiger partial charge < -0.3 is 9.88 Å². The molecule has 1 unspecified atom stereocenters. The number of benzene rings is 1. The van der Waals surface area contributed by atoms with Crippen LogP contribution in [-0.4, -0.2) is 9.55 Å². The van der Waals surface area contributed by atoms with Gasteiger partial charge in [0.25, 0.3) is 0 Å². The summed E-state index contributed by atoms with van der Waals surface area (Å²) in [4.78, 5) is 4.12. The number of halogens is 1. The van der Waals surface area contributed by atoms with E-state index in [9.17, 15) is 4.39 Å². The van der Waals surface area contributed by atoms with Crippen molar-refractivity contribution < 1.29 is 4.39 Å². The van der Waals surface area contributed by atoms with Crippen molar-refractivity contribution in [3.63, 3.8) is 0 Å². The minimum atomic E-state index is -0.195. The van der Waals surface area contributed by atoms with Gasteiger partial charge in [-0.15, -0.1) is 0 Å². The maximum Gasteiger partial charge on any atom is 0.123 e. The molecule has 0 bridgehead atoms. The Labute approximate surface area is 107 Å². The largest absolute Gasteiger partial charge is 0.334 e. The molecule has 1 aromatic heterocycles. The summed E-state index contributed by atoms with van der Waals surface area (Å²) in [5.74, 6) is -0.195. The molecule has 4 heteroatoms. The molecule has 18 heavy (non-hydrogen) atoms. The Bertz CT molecular complexity index is 507. The topological polar surface area (TPSA) is 29.9 Å². The van der Waals surface area contributed by atoms with Crippen LogP contribution >= 0.6 is 0 Å². The number of hydrogen-bond donors (Lipinski definition) is 1. The number of aryl methyl sites for hydroxylation is 1. The van der Waals surface area contributed by atoms with E-state index < -0.39 is 0 Å². The number of hydrogen-bond acceptors (Lipinski definition) is 2. The first-order chi connectivity index (χ1) is 8.70. The van der Waals surface area contributed by atoms with Crippen LogP contribution in [0.4, 0.5) is 4.39 Å². The Morgan fingerprint density at radius 1 is 1.44 bits per heavy atom. The van der Waals surface area contributed by atoms with Gasteiger partial charge in [-0.25, -0.2) is 9.37 Å². The zero-order chi connectivity index (χ0) is 13.0. The third kappa shape index (κ3) is 2.96. The van der Waals surface area contributed by atoms with E-state index in [1.54, 1.807) is 12.1 Å². The highest BCUT2D eigenvalue weighted by Gasteiger charge is 2.07. The average Bonchev–Trinajstić information content (AvgIpc) is 2.83. The van der Waals surface area contributed by atoms with Crippen LogP contribution in [0.25, 0.3) is 0 Å². The minimum Gasteiger partial charge on any atom is -0.334 e. The minimum absolute atomic E-state index is 0.112. The normalized spacial score (nSPS) is 12.6. The monoisotopic (exact) mass is 247 g/mol. The van der Waals surface area contributed by atoms with E-state index >= 15 is 0 Å². The fourth-order valence-electron chi connectivity index (χ4n) is 1.93. The average molecular weight is 247 g/mol. The summed E-state index contributed by atoms with van der Waals surface area (Å²) in [6.45, 7) is 5.75. The third-order valence-corrected chi connectivity index (χ3v) is 3.08. The Hall–Kier alpha value is -1.68. The van der Waals surface area contributed by atoms with Crippen molar-refractivity contribution in [2.24, 2.45) is 0 Å². The summed E-state index contributed by atoms with van der Waals surface area (Å²) in [5.41, 5.74) is 2.10. The van der Waals surface area contributed by atoms with Crippen LogP contribution in [0, 0.1) is 5.82 Å². The van der Waals surface area contributed by atoms with Gasteiger partial charge >= 0.3 is 0 Å². The second kappa shape index (κ2) is 5.78. The van der Waals surface area contributed by atoms with Crippen LogP contribution in [0.3, 0.4) is 0 Å². The van der Waals surface area contributed by atoms with Crippen LogP contribution in [0.15, 0.2) is 36.8 Å². The summed E-state index contributed by atoms with van der Waals surface area (Å²) in [6.07, 6.45) is 3.68. The predicted molar refractivity (Wildman–Crippen MR) is 69.6 cm³/mol. The van der Waals surface area contributed by atoms with Crippen molar-refractivity contribution >= 4 is 0 Å². The van der Waals surface area contributed by atoms with Crippen molar-refractivity contribution in [2.45, 2.75) is 33.0 Å². The van der Waals surface area contributed by atoms with E-state index in [1.165, 1.54) is 6.07 Å². The molecule has 2 rings (SSSR count). The van der Waals surface area contributed by atoms with Crippen LogP contribution in [-0.2, 0) is 13.1 Å². The SMILES string of the molecule is CCn1cncc1CNC(C)c1cccc(F)c1. The van der Waals surface area contributed by atoms with Gasteiger partial charge in [0, 0.05) is 25.3 Å². The first-order valence-electron chi connectivity index (χ1n) is 6.18. The number of rotatable bonds is 5. The summed E-state index contributed by atoms with van der Waals surface area (Å²) in [7, 11) is 0. The van der Waals surface area contributed by atoms with E-state index in [0.29, 0.717) is 0 Å². The first-order valence-corrected chi connectivity index (χ1v) is 6.18. The molecule has 0 aliphatic carbocycles. The molecule has 3 nitrogen and oxygen atoms in total. The van der Waals surface area contributed by atoms with Gasteiger partial charge in [-0.3, -0.25) is 0 Å². The molecule has 0 saturated heterocycles. The molecule has 0 saturated carbocycles. The number of aromatic nitrogens is 2. The molecule has 1 N–H and O–H groups in total. The van der Waals surface area contributed by atoms with E-state index in [1.807, 2.05) is 25.5 Å². The molecule has 0 aliphatic heterocycles. The van der Waals surface area contributed by atoms with Gasteiger partial charge in [0.15, 0.2) is 0 Å². The van der Waals surface area contributed by atoms with Crippen LogP contribution in [0.2, 0.25) is 0 Å². The van der Waals surface area contributed by atoms with Gasteiger partial charge in [0.1, 0.15) is 5.82 Å². The zero-order valence-corrected chi connectivity index (χ0v) is 10.7. The molecular weight excluding hydrogens is 229 g/mol. The number of nitrogens with one attached hydrogen (secondary N) is 1. The maximum absolute atomic E-state index is 13.1. The lowest BCUT2D eigenvalue weighted by atomic mass is 10.1. The standard InChI is InChI=1S/C14H18FN3/c1-3-18-10-16-8-14(18)9-17-11(2)12-5-4-6-13(15)7-12/h4-8,10-11,17H,3,9H2,1-2H3. The molecule has 0 fully saturated rings. The summed E-state index contributed by atoms with van der Waals surface area (Å²) in [5, 5.41) is 3.38. The van der Waals surface area contributed by atoms with Crippen molar-refractivity contribution in [1.82, 2.24) is 14.9 Å². The maximum atomic E-state index is 13.1. The molecule has 1 atom stereocenters. The zero-order valence-electron chi connectivity index (χ0n) is 10.7. The lowest BCUT2D eigenvalue weighted by Gasteiger charge is -2.15. The van der Waals surface area contributed by atoms with Crippen LogP contribution in [0.1, 0.15) is 31.1 Å². The Morgan fingerprint density at radius 2 is 2.28 bits per heavy atom. The fraction of sp³-hybridized carbons (Fsp3) is 0.357. The van der Waals surface area contributed by atoms with E-state index in [0.717, 1.165) is 24.3 Å². The predicted octanol–water partition coefficient (Wildman–Crippen LogP) is 2.89. The Morgan fingerprint density at radius 3 is 3.00 bits per heavy atom. The van der Waals surface area contributed by atoms with Crippen LogP contribution in [0.5, 0.6) is 0 Å². The number of imidazole rings is 1. The van der Waals surface area contributed by atoms with Crippen LogP contribution < -0.4 is 5.32 Å². The van der Waals surface area contributed by atoms with Gasteiger partial charge in [-0.1, -0.05) is 12.1 Å². The third-order valence-electron chi connectivity index (χ3n) is 3.08. The fourth-order valence-corrected chi connectivity index (χ4v) is 1.93. The molecule has 96 valence electrons. The van der Waals surface area contributed by atoms with Crippen molar-refractivity contribution in [3.8, 4) is 0 Å². The summed E-state index contributed by atoms with van der Waals surface area (Å²) in [6, 6.07) is 6.80. The molecular formula is C14H18FN3. The second-order valence-electron chi connectivity index (χ2n) is 4.33. The van der Waals surface area contributed by atoms with Crippen molar-refractivity contribution in [1.29, 1.82) is 0 Å². The molecule has 0 amide bonds. The van der Waals surface area contributed by atoms with Gasteiger partial charge in [-0.05, 0) is 31.5 Å². The molecule has 0 radical (unpaired) electrons. The first kappa shape index (κ1) is 12.8. The lowest BCUT2D eigenvalue weighted by molar-refractivity contribution is 0.544. The van der Waals surface area contributed by atoms with E-state index in [2.05, 4.69) is 21.8 Å². The molecule has 0 spiro atoms. The van der Waals surface area contributed by atoms with Gasteiger partial charge in [-0.2, -0.15) is 0 Å². The summed E-state index contributed by atoms with van der Waals surface area (Å²) >= 11 is 0.